The van der Waals surface area contributed by atoms with E-state index in [1.54, 1.807) is 20.8 Å². The molecule has 3 aliphatic rings. The Labute approximate surface area is 159 Å². The second kappa shape index (κ2) is 6.59. The average molecular weight is 376 g/mol. The smallest absolute Gasteiger partial charge is 0.305 e. The molecule has 1 fully saturated rings. The number of methoxy groups -OCH3 is 1. The first-order chi connectivity index (χ1) is 12.5. The first kappa shape index (κ1) is 19.8. The van der Waals surface area contributed by atoms with E-state index in [9.17, 15) is 24.6 Å². The van der Waals surface area contributed by atoms with E-state index in [0.717, 1.165) is 12.0 Å². The number of fused-ring (bicyclic) bond motifs is 3. The Bertz CT molecular complexity index is 772. The number of carbonyl (C=O) groups excluding carboxylic acids is 3. The van der Waals surface area contributed by atoms with Crippen LogP contribution in [0.2, 0.25) is 0 Å². The van der Waals surface area contributed by atoms with E-state index in [4.69, 9.17) is 4.74 Å². The average Bonchev–Trinajstić information content (AvgIpc) is 2.62. The SMILES string of the molecule is COC(=O)CC1CCC2C3=C(C)C(=O)C(O)C(C)(C)C3=C(O)C(=O)C2C1C. The normalized spacial score (nSPS) is 35.7. The topological polar surface area (TPSA) is 101 Å². The molecule has 0 amide bonds. The van der Waals surface area contributed by atoms with Crippen molar-refractivity contribution in [2.75, 3.05) is 7.11 Å². The molecule has 0 aliphatic heterocycles. The van der Waals surface area contributed by atoms with Crippen LogP contribution in [-0.4, -0.2) is 41.0 Å². The fourth-order valence-electron chi connectivity index (χ4n) is 5.34. The van der Waals surface area contributed by atoms with Crippen LogP contribution in [0.15, 0.2) is 22.5 Å². The molecule has 0 aromatic rings. The maximum absolute atomic E-state index is 13.1. The predicted molar refractivity (Wildman–Crippen MR) is 97.7 cm³/mol. The van der Waals surface area contributed by atoms with Crippen LogP contribution >= 0.6 is 0 Å². The highest BCUT2D eigenvalue weighted by Crippen LogP contribution is 2.56. The van der Waals surface area contributed by atoms with Gasteiger partial charge < -0.3 is 14.9 Å². The molecule has 0 aromatic heterocycles. The van der Waals surface area contributed by atoms with E-state index in [1.165, 1.54) is 7.11 Å². The van der Waals surface area contributed by atoms with Crippen LogP contribution in [0, 0.1) is 29.1 Å². The Morgan fingerprint density at radius 2 is 1.85 bits per heavy atom. The van der Waals surface area contributed by atoms with Crippen molar-refractivity contribution in [3.8, 4) is 0 Å². The fraction of sp³-hybridized carbons (Fsp3) is 0.667. The maximum atomic E-state index is 13.1. The molecule has 0 aromatic carbocycles. The summed E-state index contributed by atoms with van der Waals surface area (Å²) >= 11 is 0. The lowest BCUT2D eigenvalue weighted by molar-refractivity contribution is -0.144. The molecule has 0 spiro atoms. The number of aliphatic hydroxyl groups is 2. The van der Waals surface area contributed by atoms with E-state index in [1.807, 2.05) is 6.92 Å². The Kier molecular flexibility index (Phi) is 4.83. The minimum atomic E-state index is -1.28. The van der Waals surface area contributed by atoms with Gasteiger partial charge in [0.2, 0.25) is 5.78 Å². The minimum Gasteiger partial charge on any atom is -0.504 e. The number of carbonyl (C=O) groups is 3. The van der Waals surface area contributed by atoms with Gasteiger partial charge in [0.15, 0.2) is 11.5 Å². The molecular formula is C21H28O6. The molecule has 0 bridgehead atoms. The van der Waals surface area contributed by atoms with Crippen molar-refractivity contribution < 1.29 is 29.3 Å². The third-order valence-corrected chi connectivity index (χ3v) is 7.01. The summed E-state index contributed by atoms with van der Waals surface area (Å²) in [5.74, 6) is -2.11. The van der Waals surface area contributed by atoms with Crippen molar-refractivity contribution in [3.63, 3.8) is 0 Å². The molecule has 6 heteroatoms. The second-order valence-corrected chi connectivity index (χ2v) is 8.72. The molecule has 5 unspecified atom stereocenters. The van der Waals surface area contributed by atoms with Gasteiger partial charge in [-0.3, -0.25) is 14.4 Å². The number of esters is 1. The zero-order valence-electron chi connectivity index (χ0n) is 16.5. The van der Waals surface area contributed by atoms with Gasteiger partial charge >= 0.3 is 5.97 Å². The van der Waals surface area contributed by atoms with Gasteiger partial charge in [-0.1, -0.05) is 20.8 Å². The van der Waals surface area contributed by atoms with Gasteiger partial charge in [-0.15, -0.1) is 0 Å². The summed E-state index contributed by atoms with van der Waals surface area (Å²) in [6, 6.07) is 0. The largest absolute Gasteiger partial charge is 0.504 e. The predicted octanol–water partition coefficient (Wildman–Crippen LogP) is 2.51. The first-order valence-corrected chi connectivity index (χ1v) is 9.52. The molecule has 0 saturated heterocycles. The number of hydrogen-bond acceptors (Lipinski definition) is 6. The fourth-order valence-corrected chi connectivity index (χ4v) is 5.34. The van der Waals surface area contributed by atoms with Crippen molar-refractivity contribution in [2.45, 2.75) is 53.1 Å². The van der Waals surface area contributed by atoms with E-state index < -0.39 is 17.4 Å². The quantitative estimate of drug-likeness (QED) is 0.718. The molecule has 5 atom stereocenters. The molecule has 148 valence electrons. The number of hydrogen-bond donors (Lipinski definition) is 2. The highest BCUT2D eigenvalue weighted by atomic mass is 16.5. The Morgan fingerprint density at radius 1 is 1.22 bits per heavy atom. The van der Waals surface area contributed by atoms with Crippen LogP contribution in [-0.2, 0) is 19.1 Å². The Morgan fingerprint density at radius 3 is 2.44 bits per heavy atom. The van der Waals surface area contributed by atoms with Crippen LogP contribution in [0.4, 0.5) is 0 Å². The number of allylic oxidation sites excluding steroid dienone is 2. The Balaban J connectivity index is 2.10. The third-order valence-electron chi connectivity index (χ3n) is 7.01. The molecule has 1 saturated carbocycles. The monoisotopic (exact) mass is 376 g/mol. The molecule has 2 N–H and O–H groups in total. The van der Waals surface area contributed by atoms with E-state index in [2.05, 4.69) is 0 Å². The van der Waals surface area contributed by atoms with Gasteiger partial charge in [-0.2, -0.15) is 0 Å². The molecule has 6 nitrogen and oxygen atoms in total. The summed E-state index contributed by atoms with van der Waals surface area (Å²) in [5, 5.41) is 21.2. The van der Waals surface area contributed by atoms with E-state index in [0.29, 0.717) is 17.6 Å². The molecule has 3 rings (SSSR count). The Hall–Kier alpha value is -1.95. The minimum absolute atomic E-state index is 0.00389. The summed E-state index contributed by atoms with van der Waals surface area (Å²) in [4.78, 5) is 37.5. The lowest BCUT2D eigenvalue weighted by Crippen LogP contribution is -2.51. The van der Waals surface area contributed by atoms with Crippen LogP contribution in [0.1, 0.15) is 47.0 Å². The molecule has 3 aliphatic carbocycles. The van der Waals surface area contributed by atoms with Crippen molar-refractivity contribution >= 4 is 17.5 Å². The summed E-state index contributed by atoms with van der Waals surface area (Å²) in [6.45, 7) is 6.98. The van der Waals surface area contributed by atoms with Crippen molar-refractivity contribution in [3.05, 3.63) is 22.5 Å². The summed E-state index contributed by atoms with van der Waals surface area (Å²) in [5.41, 5.74) is 0.546. The van der Waals surface area contributed by atoms with Gasteiger partial charge in [0.25, 0.3) is 0 Å². The van der Waals surface area contributed by atoms with E-state index in [-0.39, 0.29) is 47.5 Å². The van der Waals surface area contributed by atoms with Gasteiger partial charge in [0.1, 0.15) is 6.10 Å². The first-order valence-electron chi connectivity index (χ1n) is 9.52. The molecule has 0 heterocycles. The van der Waals surface area contributed by atoms with Crippen LogP contribution in [0.5, 0.6) is 0 Å². The van der Waals surface area contributed by atoms with Crippen LogP contribution in [0.3, 0.4) is 0 Å². The van der Waals surface area contributed by atoms with Gasteiger partial charge in [0, 0.05) is 23.3 Å². The standard InChI is InChI=1S/C21H28O6/c1-9-11(8-13(22)27-5)6-7-12-14-10(2)17(23)20(26)21(3,4)16(14)19(25)18(24)15(9)12/h9,11-12,15,20,25-26H,6-8H2,1-5H3. The molecular weight excluding hydrogens is 348 g/mol. The number of rotatable bonds is 2. The lowest BCUT2D eigenvalue weighted by Gasteiger charge is -2.49. The van der Waals surface area contributed by atoms with Crippen molar-refractivity contribution in [2.24, 2.45) is 29.1 Å². The maximum Gasteiger partial charge on any atom is 0.305 e. The zero-order valence-corrected chi connectivity index (χ0v) is 16.5. The third kappa shape index (κ3) is 2.76. The zero-order chi connectivity index (χ0) is 20.3. The summed E-state index contributed by atoms with van der Waals surface area (Å²) in [6.07, 6.45) is 0.362. The second-order valence-electron chi connectivity index (χ2n) is 8.72. The number of ether oxygens (including phenoxy) is 1. The number of aliphatic hydroxyl groups excluding tert-OH is 2. The van der Waals surface area contributed by atoms with Crippen LogP contribution in [0.25, 0.3) is 0 Å². The van der Waals surface area contributed by atoms with Crippen LogP contribution < -0.4 is 0 Å². The van der Waals surface area contributed by atoms with Gasteiger partial charge in [-0.05, 0) is 48.7 Å². The number of Topliss-reactive ketones (excluding diaryl/α,β-unsaturated/α-hetero) is 2. The van der Waals surface area contributed by atoms with Gasteiger partial charge in [0.05, 0.1) is 7.11 Å². The summed E-state index contributed by atoms with van der Waals surface area (Å²) < 4.78 is 4.78. The van der Waals surface area contributed by atoms with Gasteiger partial charge in [-0.25, -0.2) is 0 Å². The highest BCUT2D eigenvalue weighted by Gasteiger charge is 2.55. The van der Waals surface area contributed by atoms with Crippen molar-refractivity contribution in [1.29, 1.82) is 0 Å². The molecule has 0 radical (unpaired) electrons. The van der Waals surface area contributed by atoms with Crippen molar-refractivity contribution in [1.82, 2.24) is 0 Å². The summed E-state index contributed by atoms with van der Waals surface area (Å²) in [7, 11) is 1.35. The van der Waals surface area contributed by atoms with E-state index >= 15 is 0 Å². The highest BCUT2D eigenvalue weighted by molar-refractivity contribution is 6.06. The lowest BCUT2D eigenvalue weighted by atomic mass is 9.53. The number of ketones is 2. The molecule has 27 heavy (non-hydrogen) atoms.